The molecule has 0 atom stereocenters. The minimum Gasteiger partial charge on any atom is -0.493 e. The molecule has 0 aliphatic carbocycles. The van der Waals surface area contributed by atoms with Crippen molar-refractivity contribution in [3.63, 3.8) is 0 Å². The van der Waals surface area contributed by atoms with E-state index in [0.717, 1.165) is 22.8 Å². The van der Waals surface area contributed by atoms with E-state index in [4.69, 9.17) is 14.2 Å². The first-order valence-corrected chi connectivity index (χ1v) is 10.9. The fourth-order valence-corrected chi connectivity index (χ4v) is 3.47. The highest BCUT2D eigenvalue weighted by molar-refractivity contribution is 7.13. The number of nitrogens with one attached hydrogen (secondary N) is 1. The summed E-state index contributed by atoms with van der Waals surface area (Å²) < 4.78 is 17.0. The molecule has 170 valence electrons. The van der Waals surface area contributed by atoms with Crippen LogP contribution >= 0.6 is 11.3 Å². The van der Waals surface area contributed by atoms with Crippen molar-refractivity contribution >= 4 is 17.2 Å². The van der Waals surface area contributed by atoms with E-state index in [1.165, 1.54) is 5.56 Å². The van der Waals surface area contributed by atoms with Crippen LogP contribution in [0, 0.1) is 0 Å². The van der Waals surface area contributed by atoms with Gasteiger partial charge in [0.25, 0.3) is 0 Å². The molecular formula is C23H29N5O3S. The second-order valence-electron chi connectivity index (χ2n) is 6.52. The second-order valence-corrected chi connectivity index (χ2v) is 7.46. The predicted molar refractivity (Wildman–Crippen MR) is 129 cm³/mol. The minimum absolute atomic E-state index is 0. The third-order valence-electron chi connectivity index (χ3n) is 4.45. The van der Waals surface area contributed by atoms with Crippen LogP contribution in [-0.2, 0) is 11.2 Å². The van der Waals surface area contributed by atoms with E-state index in [1.807, 2.05) is 54.0 Å². The molecular weight excluding hydrogens is 426 g/mol. The van der Waals surface area contributed by atoms with Crippen LogP contribution in [0.2, 0.25) is 0 Å². The van der Waals surface area contributed by atoms with Gasteiger partial charge in [-0.15, -0.1) is 11.3 Å². The van der Waals surface area contributed by atoms with Crippen molar-refractivity contribution < 1.29 is 15.6 Å². The first kappa shape index (κ1) is 23.2. The number of methoxy groups -OCH3 is 3. The Kier molecular flexibility index (Phi) is 8.59. The Morgan fingerprint density at radius 1 is 1.03 bits per heavy atom. The molecule has 3 heterocycles. The van der Waals surface area contributed by atoms with Crippen molar-refractivity contribution in [3.05, 3.63) is 65.8 Å². The average molecular weight is 456 g/mol. The quantitative estimate of drug-likeness (QED) is 0.378. The molecule has 0 fully saturated rings. The van der Waals surface area contributed by atoms with Crippen LogP contribution in [0.15, 0.2) is 60.2 Å². The summed E-state index contributed by atoms with van der Waals surface area (Å²) in [6.45, 7) is 2.50. The zero-order chi connectivity index (χ0) is 22.8. The number of aromatic nitrogens is 4. The number of benzene rings is 1. The third kappa shape index (κ3) is 6.05. The van der Waals surface area contributed by atoms with Gasteiger partial charge in [0.15, 0.2) is 23.1 Å². The van der Waals surface area contributed by atoms with Crippen LogP contribution in [0.3, 0.4) is 0 Å². The Labute approximate surface area is 193 Å². The number of thiophene rings is 1. The molecule has 32 heavy (non-hydrogen) atoms. The molecule has 4 aromatic rings. The lowest BCUT2D eigenvalue weighted by molar-refractivity contribution is 0.221. The standard InChI is InChI=1S/C13H13N5OS.C10H14O2.H2/c1-19-9-14-11-8-12(18-6-3-5-15-18)17-13(16-11)10-4-2-7-20-10;1-4-8-5-6-9(11-2)10(7-8)12-3;/h2-8H,9H2,1H3,(H,14,16,17);5-7H,4H2,1-3H3;1H. The van der Waals surface area contributed by atoms with Gasteiger partial charge in [0.2, 0.25) is 0 Å². The smallest absolute Gasteiger partial charge is 0.173 e. The van der Waals surface area contributed by atoms with Crippen molar-refractivity contribution in [1.29, 1.82) is 0 Å². The highest BCUT2D eigenvalue weighted by Crippen LogP contribution is 2.27. The van der Waals surface area contributed by atoms with E-state index in [1.54, 1.807) is 43.5 Å². The minimum atomic E-state index is 0. The summed E-state index contributed by atoms with van der Waals surface area (Å²) in [6, 6.07) is 13.6. The van der Waals surface area contributed by atoms with E-state index in [9.17, 15) is 0 Å². The van der Waals surface area contributed by atoms with Gasteiger partial charge in [-0.1, -0.05) is 19.1 Å². The van der Waals surface area contributed by atoms with Crippen molar-refractivity contribution in [2.75, 3.05) is 33.4 Å². The maximum Gasteiger partial charge on any atom is 0.173 e. The van der Waals surface area contributed by atoms with Gasteiger partial charge in [-0.2, -0.15) is 5.10 Å². The Morgan fingerprint density at radius 2 is 1.88 bits per heavy atom. The largest absolute Gasteiger partial charge is 0.493 e. The van der Waals surface area contributed by atoms with Crippen LogP contribution < -0.4 is 14.8 Å². The van der Waals surface area contributed by atoms with E-state index in [-0.39, 0.29) is 1.43 Å². The van der Waals surface area contributed by atoms with Crippen molar-refractivity contribution in [2.24, 2.45) is 0 Å². The van der Waals surface area contributed by atoms with Gasteiger partial charge in [-0.05, 0) is 41.6 Å². The fourth-order valence-electron chi connectivity index (χ4n) is 2.81. The van der Waals surface area contributed by atoms with Crippen LogP contribution in [-0.4, -0.2) is 47.8 Å². The molecule has 0 aliphatic rings. The summed E-state index contributed by atoms with van der Waals surface area (Å²) in [5.74, 6) is 3.68. The van der Waals surface area contributed by atoms with Crippen LogP contribution in [0.25, 0.3) is 16.5 Å². The molecule has 0 amide bonds. The number of nitrogens with zero attached hydrogens (tertiary/aromatic N) is 4. The molecule has 1 aromatic carbocycles. The molecule has 0 bridgehead atoms. The van der Waals surface area contributed by atoms with Crippen molar-refractivity contribution in [2.45, 2.75) is 13.3 Å². The highest BCUT2D eigenvalue weighted by Gasteiger charge is 2.09. The number of aryl methyl sites for hydroxylation is 1. The lowest BCUT2D eigenvalue weighted by Gasteiger charge is -2.08. The zero-order valence-electron chi connectivity index (χ0n) is 18.6. The van der Waals surface area contributed by atoms with Crippen LogP contribution in [0.1, 0.15) is 13.9 Å². The number of rotatable bonds is 8. The number of anilines is 1. The molecule has 9 heteroatoms. The lowest BCUT2D eigenvalue weighted by Crippen LogP contribution is -2.08. The highest BCUT2D eigenvalue weighted by atomic mass is 32.1. The maximum atomic E-state index is 5.15. The van der Waals surface area contributed by atoms with Crippen LogP contribution in [0.5, 0.6) is 11.5 Å². The van der Waals surface area contributed by atoms with E-state index < -0.39 is 0 Å². The Bertz CT molecular complexity index is 1040. The molecule has 0 unspecified atom stereocenters. The van der Waals surface area contributed by atoms with E-state index >= 15 is 0 Å². The zero-order valence-corrected chi connectivity index (χ0v) is 19.4. The molecule has 0 radical (unpaired) electrons. The average Bonchev–Trinajstić information content (AvgIpc) is 3.57. The molecule has 0 spiro atoms. The molecule has 3 aromatic heterocycles. The van der Waals surface area contributed by atoms with E-state index in [0.29, 0.717) is 24.2 Å². The topological polar surface area (TPSA) is 83.3 Å². The molecule has 0 saturated heterocycles. The first-order chi connectivity index (χ1) is 15.7. The van der Waals surface area contributed by atoms with Gasteiger partial charge in [-0.3, -0.25) is 0 Å². The SMILES string of the molecule is CCc1ccc(OC)c(OC)c1.COCNc1cc(-n2cccn2)nc(-c2cccs2)n1.[HH]. The summed E-state index contributed by atoms with van der Waals surface area (Å²) in [4.78, 5) is 10.0. The Balaban J connectivity index is 0.000000257. The van der Waals surface area contributed by atoms with Gasteiger partial charge in [0, 0.05) is 27.0 Å². The molecule has 0 aliphatic heterocycles. The number of ether oxygens (including phenoxy) is 3. The normalized spacial score (nSPS) is 10.2. The van der Waals surface area contributed by atoms with Gasteiger partial charge in [0.05, 0.1) is 19.1 Å². The number of hydrogen-bond acceptors (Lipinski definition) is 8. The van der Waals surface area contributed by atoms with Gasteiger partial charge >= 0.3 is 0 Å². The lowest BCUT2D eigenvalue weighted by atomic mass is 10.1. The molecule has 4 rings (SSSR count). The van der Waals surface area contributed by atoms with Crippen molar-refractivity contribution in [1.82, 2.24) is 19.7 Å². The molecule has 8 nitrogen and oxygen atoms in total. The number of hydrogen-bond donors (Lipinski definition) is 1. The maximum absolute atomic E-state index is 5.15. The Hall–Kier alpha value is -3.43. The second kappa shape index (κ2) is 11.8. The summed E-state index contributed by atoms with van der Waals surface area (Å²) in [5.41, 5.74) is 1.26. The van der Waals surface area contributed by atoms with E-state index in [2.05, 4.69) is 27.3 Å². The Morgan fingerprint density at radius 3 is 2.50 bits per heavy atom. The van der Waals surface area contributed by atoms with Crippen LogP contribution in [0.4, 0.5) is 5.82 Å². The summed E-state index contributed by atoms with van der Waals surface area (Å²) in [6.07, 6.45) is 4.58. The van der Waals surface area contributed by atoms with Gasteiger partial charge in [0.1, 0.15) is 12.5 Å². The van der Waals surface area contributed by atoms with Crippen molar-refractivity contribution in [3.8, 4) is 28.0 Å². The van der Waals surface area contributed by atoms with Gasteiger partial charge < -0.3 is 19.5 Å². The summed E-state index contributed by atoms with van der Waals surface area (Å²) >= 11 is 1.60. The molecule has 0 saturated carbocycles. The first-order valence-electron chi connectivity index (χ1n) is 10.0. The predicted octanol–water partition coefficient (Wildman–Crippen LogP) is 4.92. The summed E-state index contributed by atoms with van der Waals surface area (Å²) in [7, 11) is 4.92. The fraction of sp³-hybridized carbons (Fsp3) is 0.261. The summed E-state index contributed by atoms with van der Waals surface area (Å²) in [5, 5.41) is 9.29. The third-order valence-corrected chi connectivity index (χ3v) is 5.31. The monoisotopic (exact) mass is 455 g/mol. The van der Waals surface area contributed by atoms with Gasteiger partial charge in [-0.25, -0.2) is 14.6 Å². The molecule has 1 N–H and O–H groups in total.